The van der Waals surface area contributed by atoms with Crippen LogP contribution < -0.4 is 10.6 Å². The number of fused-ring (bicyclic) bond motifs is 1. The largest absolute Gasteiger partial charge is 0.323 e. The average Bonchev–Trinajstić information content (AvgIpc) is 3.12. The van der Waals surface area contributed by atoms with Gasteiger partial charge >= 0.3 is 6.03 Å². The van der Waals surface area contributed by atoms with Crippen LogP contribution in [-0.4, -0.2) is 25.6 Å². The molecular formula is C23H24N6OS. The Bertz CT molecular complexity index is 1250. The van der Waals surface area contributed by atoms with E-state index in [1.807, 2.05) is 69.3 Å². The van der Waals surface area contributed by atoms with E-state index in [0.717, 1.165) is 39.0 Å². The number of aromatic nitrogens is 4. The standard InChI is InChI=1S/C23H24N6OS/c1-5-17-13-21(29-22(25-17)24-16(4)28-29)31-20-10-8-18(9-11-20)26-23(30)27-19-7-6-14(2)15(3)12-19/h6-13H,5H2,1-4H3,(H2,26,27,30). The predicted octanol–water partition coefficient (Wildman–Crippen LogP) is 5.41. The molecule has 2 heterocycles. The van der Waals surface area contributed by atoms with Gasteiger partial charge in [0.1, 0.15) is 10.9 Å². The fraction of sp³-hybridized carbons (Fsp3) is 0.217. The molecule has 0 spiro atoms. The molecule has 0 aliphatic carbocycles. The summed E-state index contributed by atoms with van der Waals surface area (Å²) in [5, 5.41) is 11.1. The highest BCUT2D eigenvalue weighted by Gasteiger charge is 2.11. The summed E-state index contributed by atoms with van der Waals surface area (Å²) in [6.07, 6.45) is 0.828. The zero-order valence-corrected chi connectivity index (χ0v) is 18.7. The number of anilines is 2. The molecule has 31 heavy (non-hydrogen) atoms. The van der Waals surface area contributed by atoms with Crippen molar-refractivity contribution in [3.63, 3.8) is 0 Å². The molecule has 2 aromatic carbocycles. The summed E-state index contributed by atoms with van der Waals surface area (Å²) in [7, 11) is 0. The van der Waals surface area contributed by atoms with E-state index in [2.05, 4.69) is 32.6 Å². The number of rotatable bonds is 5. The van der Waals surface area contributed by atoms with E-state index in [0.29, 0.717) is 11.6 Å². The molecule has 0 atom stereocenters. The van der Waals surface area contributed by atoms with Gasteiger partial charge in [-0.1, -0.05) is 24.8 Å². The van der Waals surface area contributed by atoms with Gasteiger partial charge in [-0.05, 0) is 80.8 Å². The maximum absolute atomic E-state index is 12.3. The molecule has 8 heteroatoms. The van der Waals surface area contributed by atoms with Crippen molar-refractivity contribution in [2.24, 2.45) is 0 Å². The number of hydrogen-bond acceptors (Lipinski definition) is 5. The lowest BCUT2D eigenvalue weighted by atomic mass is 10.1. The second-order valence-electron chi connectivity index (χ2n) is 7.31. The third-order valence-corrected chi connectivity index (χ3v) is 5.91. The zero-order valence-electron chi connectivity index (χ0n) is 17.9. The van der Waals surface area contributed by atoms with Crippen LogP contribution in [0, 0.1) is 20.8 Å². The van der Waals surface area contributed by atoms with Crippen LogP contribution in [0.15, 0.2) is 58.5 Å². The molecule has 2 N–H and O–H groups in total. The number of urea groups is 1. The van der Waals surface area contributed by atoms with Crippen molar-refractivity contribution >= 4 is 34.9 Å². The summed E-state index contributed by atoms with van der Waals surface area (Å²) < 4.78 is 1.77. The molecule has 0 aliphatic rings. The zero-order chi connectivity index (χ0) is 22.0. The van der Waals surface area contributed by atoms with Gasteiger partial charge in [-0.3, -0.25) is 0 Å². The second kappa shape index (κ2) is 8.77. The number of aryl methyl sites for hydroxylation is 4. The molecule has 2 aromatic heterocycles. The predicted molar refractivity (Wildman–Crippen MR) is 124 cm³/mol. The summed E-state index contributed by atoms with van der Waals surface area (Å²) in [6, 6.07) is 15.3. The quantitative estimate of drug-likeness (QED) is 0.412. The van der Waals surface area contributed by atoms with Crippen LogP contribution in [0.1, 0.15) is 29.6 Å². The normalized spacial score (nSPS) is 11.0. The molecule has 4 aromatic rings. The van der Waals surface area contributed by atoms with Crippen molar-refractivity contribution in [3.8, 4) is 0 Å². The lowest BCUT2D eigenvalue weighted by Crippen LogP contribution is -2.19. The minimum atomic E-state index is -0.273. The first kappa shape index (κ1) is 20.9. The van der Waals surface area contributed by atoms with E-state index < -0.39 is 0 Å². The lowest BCUT2D eigenvalue weighted by molar-refractivity contribution is 0.262. The van der Waals surface area contributed by atoms with Crippen molar-refractivity contribution in [3.05, 3.63) is 71.2 Å². The van der Waals surface area contributed by atoms with Crippen LogP contribution in [0.4, 0.5) is 16.2 Å². The molecule has 158 valence electrons. The summed E-state index contributed by atoms with van der Waals surface area (Å²) in [5.74, 6) is 1.30. The molecule has 0 bridgehead atoms. The van der Waals surface area contributed by atoms with Crippen molar-refractivity contribution in [2.45, 2.75) is 44.0 Å². The molecular weight excluding hydrogens is 408 g/mol. The van der Waals surface area contributed by atoms with Gasteiger partial charge in [0.2, 0.25) is 0 Å². The number of carbonyl (C=O) groups is 1. The number of amides is 2. The van der Waals surface area contributed by atoms with E-state index in [1.54, 1.807) is 16.3 Å². The number of nitrogens with one attached hydrogen (secondary N) is 2. The van der Waals surface area contributed by atoms with Crippen LogP contribution in [0.2, 0.25) is 0 Å². The molecule has 4 rings (SSSR count). The Kier molecular flexibility index (Phi) is 5.90. The van der Waals surface area contributed by atoms with Crippen LogP contribution in [-0.2, 0) is 6.42 Å². The Hall–Kier alpha value is -3.39. The summed E-state index contributed by atoms with van der Waals surface area (Å²) in [6.45, 7) is 8.00. The number of nitrogens with zero attached hydrogens (tertiary/aromatic N) is 4. The van der Waals surface area contributed by atoms with Crippen molar-refractivity contribution in [2.75, 3.05) is 10.6 Å². The van der Waals surface area contributed by atoms with E-state index in [9.17, 15) is 4.79 Å². The Morgan fingerprint density at radius 1 is 0.935 bits per heavy atom. The van der Waals surface area contributed by atoms with Gasteiger partial charge in [0.15, 0.2) is 0 Å². The Balaban J connectivity index is 1.45. The van der Waals surface area contributed by atoms with Gasteiger partial charge in [-0.25, -0.2) is 9.78 Å². The fourth-order valence-corrected chi connectivity index (χ4v) is 4.00. The first-order valence-electron chi connectivity index (χ1n) is 10.1. The summed E-state index contributed by atoms with van der Waals surface area (Å²) in [4.78, 5) is 22.3. The highest BCUT2D eigenvalue weighted by Crippen LogP contribution is 2.29. The SMILES string of the molecule is CCc1cc(Sc2ccc(NC(=O)Nc3ccc(C)c(C)c3)cc2)n2nc(C)nc2n1. The monoisotopic (exact) mass is 432 g/mol. The van der Waals surface area contributed by atoms with Crippen LogP contribution >= 0.6 is 11.8 Å². The van der Waals surface area contributed by atoms with Gasteiger partial charge in [-0.15, -0.1) is 5.10 Å². The number of benzene rings is 2. The maximum atomic E-state index is 12.3. The minimum absolute atomic E-state index is 0.273. The summed E-state index contributed by atoms with van der Waals surface area (Å²) in [5.41, 5.74) is 4.79. The molecule has 0 saturated carbocycles. The molecule has 0 fully saturated rings. The minimum Gasteiger partial charge on any atom is -0.308 e. The Morgan fingerprint density at radius 2 is 1.65 bits per heavy atom. The molecule has 0 saturated heterocycles. The average molecular weight is 433 g/mol. The van der Waals surface area contributed by atoms with Gasteiger partial charge in [-0.2, -0.15) is 9.50 Å². The van der Waals surface area contributed by atoms with Crippen LogP contribution in [0.25, 0.3) is 5.78 Å². The van der Waals surface area contributed by atoms with E-state index in [4.69, 9.17) is 0 Å². The van der Waals surface area contributed by atoms with Gasteiger partial charge < -0.3 is 10.6 Å². The number of hydrogen-bond donors (Lipinski definition) is 2. The third-order valence-electron chi connectivity index (χ3n) is 4.90. The highest BCUT2D eigenvalue weighted by atomic mass is 32.2. The molecule has 0 radical (unpaired) electrons. The fourth-order valence-electron chi connectivity index (χ4n) is 3.08. The topological polar surface area (TPSA) is 84.2 Å². The third kappa shape index (κ3) is 4.86. The van der Waals surface area contributed by atoms with E-state index in [1.165, 1.54) is 5.56 Å². The van der Waals surface area contributed by atoms with Gasteiger partial charge in [0, 0.05) is 22.0 Å². The molecule has 2 amide bonds. The van der Waals surface area contributed by atoms with Gasteiger partial charge in [0.25, 0.3) is 5.78 Å². The van der Waals surface area contributed by atoms with Crippen molar-refractivity contribution < 1.29 is 4.79 Å². The van der Waals surface area contributed by atoms with E-state index >= 15 is 0 Å². The van der Waals surface area contributed by atoms with Crippen LogP contribution in [0.5, 0.6) is 0 Å². The second-order valence-corrected chi connectivity index (χ2v) is 8.41. The highest BCUT2D eigenvalue weighted by molar-refractivity contribution is 7.99. The first-order chi connectivity index (χ1) is 14.9. The number of carbonyl (C=O) groups excluding carboxylic acids is 1. The lowest BCUT2D eigenvalue weighted by Gasteiger charge is -2.10. The molecule has 7 nitrogen and oxygen atoms in total. The van der Waals surface area contributed by atoms with Crippen molar-refractivity contribution in [1.82, 2.24) is 19.6 Å². The van der Waals surface area contributed by atoms with E-state index in [-0.39, 0.29) is 6.03 Å². The smallest absolute Gasteiger partial charge is 0.308 e. The van der Waals surface area contributed by atoms with Crippen LogP contribution in [0.3, 0.4) is 0 Å². The molecule has 0 unspecified atom stereocenters. The maximum Gasteiger partial charge on any atom is 0.323 e. The first-order valence-corrected chi connectivity index (χ1v) is 10.9. The Morgan fingerprint density at radius 3 is 2.35 bits per heavy atom. The van der Waals surface area contributed by atoms with Gasteiger partial charge in [0.05, 0.1) is 0 Å². The Labute approximate surface area is 185 Å². The van der Waals surface area contributed by atoms with Crippen molar-refractivity contribution in [1.29, 1.82) is 0 Å². The summed E-state index contributed by atoms with van der Waals surface area (Å²) >= 11 is 1.59. The molecule has 0 aliphatic heterocycles.